The monoisotopic (exact) mass is 147 g/mol. The minimum absolute atomic E-state index is 0. The van der Waals surface area contributed by atoms with Crippen molar-refractivity contribution < 1.29 is 15.4 Å². The number of aromatic nitrogens is 1. The Morgan fingerprint density at radius 2 is 2.44 bits per heavy atom. The van der Waals surface area contributed by atoms with Crippen LogP contribution < -0.4 is 0 Å². The van der Waals surface area contributed by atoms with Crippen LogP contribution in [0.15, 0.2) is 11.6 Å². The van der Waals surface area contributed by atoms with Gasteiger partial charge in [0.2, 0.25) is 5.01 Å². The molecule has 0 saturated carbocycles. The van der Waals surface area contributed by atoms with E-state index in [2.05, 4.69) is 4.98 Å². The van der Waals surface area contributed by atoms with Gasteiger partial charge in [0.15, 0.2) is 0 Å². The molecule has 0 aliphatic heterocycles. The van der Waals surface area contributed by atoms with Crippen LogP contribution in [0.1, 0.15) is 9.80 Å². The van der Waals surface area contributed by atoms with E-state index >= 15 is 0 Å². The third kappa shape index (κ3) is 1.79. The molecule has 9 heavy (non-hydrogen) atoms. The second kappa shape index (κ2) is 3.16. The van der Waals surface area contributed by atoms with Gasteiger partial charge in [0.05, 0.1) is 0 Å². The Balaban J connectivity index is 0.000000640. The van der Waals surface area contributed by atoms with Crippen molar-refractivity contribution in [3.05, 3.63) is 16.6 Å². The second-order valence-corrected chi connectivity index (χ2v) is 2.04. The van der Waals surface area contributed by atoms with E-state index in [9.17, 15) is 4.79 Å². The predicted molar refractivity (Wildman–Crippen MR) is 32.7 cm³/mol. The summed E-state index contributed by atoms with van der Waals surface area (Å²) in [6.45, 7) is 0. The van der Waals surface area contributed by atoms with E-state index in [1.54, 1.807) is 5.38 Å². The zero-order valence-corrected chi connectivity index (χ0v) is 5.18. The SMILES string of the molecule is O.O=C(O)c1nccs1. The molecule has 3 N–H and O–H groups in total. The summed E-state index contributed by atoms with van der Waals surface area (Å²) in [6, 6.07) is 0. The van der Waals surface area contributed by atoms with Crippen molar-refractivity contribution in [2.75, 3.05) is 0 Å². The largest absolute Gasteiger partial charge is 0.476 e. The lowest BCUT2D eigenvalue weighted by Gasteiger charge is -1.77. The molecule has 0 aromatic carbocycles. The normalized spacial score (nSPS) is 8.00. The number of rotatable bonds is 1. The minimum atomic E-state index is -0.958. The summed E-state index contributed by atoms with van der Waals surface area (Å²) in [4.78, 5) is 13.5. The first-order chi connectivity index (χ1) is 3.80. The van der Waals surface area contributed by atoms with E-state index in [-0.39, 0.29) is 10.5 Å². The molecule has 0 amide bonds. The van der Waals surface area contributed by atoms with Crippen molar-refractivity contribution in [3.63, 3.8) is 0 Å². The smallest absolute Gasteiger partial charge is 0.364 e. The molecule has 0 atom stereocenters. The summed E-state index contributed by atoms with van der Waals surface area (Å²) in [7, 11) is 0. The maximum Gasteiger partial charge on any atom is 0.364 e. The average Bonchev–Trinajstić information content (AvgIpc) is 2.12. The van der Waals surface area contributed by atoms with Gasteiger partial charge < -0.3 is 10.6 Å². The van der Waals surface area contributed by atoms with Gasteiger partial charge in [-0.05, 0) is 0 Å². The number of nitrogens with zero attached hydrogens (tertiary/aromatic N) is 1. The van der Waals surface area contributed by atoms with Gasteiger partial charge >= 0.3 is 5.97 Å². The van der Waals surface area contributed by atoms with Crippen molar-refractivity contribution in [1.82, 2.24) is 4.98 Å². The first kappa shape index (κ1) is 8.06. The molecular weight excluding hydrogens is 142 g/mol. The summed E-state index contributed by atoms with van der Waals surface area (Å²) in [5.41, 5.74) is 0. The van der Waals surface area contributed by atoms with E-state index in [1.807, 2.05) is 0 Å². The predicted octanol–water partition coefficient (Wildman–Crippen LogP) is 0.0166. The van der Waals surface area contributed by atoms with Crippen molar-refractivity contribution in [1.29, 1.82) is 0 Å². The summed E-state index contributed by atoms with van der Waals surface area (Å²) >= 11 is 1.12. The van der Waals surface area contributed by atoms with Gasteiger partial charge in [-0.2, -0.15) is 0 Å². The zero-order valence-electron chi connectivity index (χ0n) is 4.37. The highest BCUT2D eigenvalue weighted by Gasteiger charge is 2.01. The number of carboxylic acids is 1. The third-order valence-corrected chi connectivity index (χ3v) is 1.38. The van der Waals surface area contributed by atoms with Crippen molar-refractivity contribution >= 4 is 17.3 Å². The highest BCUT2D eigenvalue weighted by molar-refractivity contribution is 7.11. The number of carboxylic acid groups (broad SMARTS) is 1. The maximum absolute atomic E-state index is 10.0. The lowest BCUT2D eigenvalue weighted by atomic mass is 10.7. The van der Waals surface area contributed by atoms with Crippen molar-refractivity contribution in [3.8, 4) is 0 Å². The molecule has 1 rings (SSSR count). The van der Waals surface area contributed by atoms with Crippen LogP contribution in [0, 0.1) is 0 Å². The fraction of sp³-hybridized carbons (Fsp3) is 0. The zero-order chi connectivity index (χ0) is 5.98. The molecule has 0 aliphatic rings. The molecule has 0 spiro atoms. The Hall–Kier alpha value is -0.940. The molecule has 4 nitrogen and oxygen atoms in total. The van der Waals surface area contributed by atoms with E-state index in [4.69, 9.17) is 5.11 Å². The maximum atomic E-state index is 10.0. The fourth-order valence-corrected chi connectivity index (χ4v) is 0.802. The van der Waals surface area contributed by atoms with E-state index in [0.717, 1.165) is 11.3 Å². The van der Waals surface area contributed by atoms with E-state index in [0.29, 0.717) is 0 Å². The van der Waals surface area contributed by atoms with Crippen LogP contribution in [-0.4, -0.2) is 21.5 Å². The molecule has 0 fully saturated rings. The minimum Gasteiger partial charge on any atom is -0.476 e. The first-order valence-electron chi connectivity index (χ1n) is 1.93. The Bertz CT molecular complexity index is 184. The Morgan fingerprint density at radius 1 is 1.78 bits per heavy atom. The van der Waals surface area contributed by atoms with E-state index in [1.165, 1.54) is 6.20 Å². The summed E-state index contributed by atoms with van der Waals surface area (Å²) < 4.78 is 0. The molecular formula is C4H5NO3S. The second-order valence-electron chi connectivity index (χ2n) is 1.14. The molecule has 5 heteroatoms. The van der Waals surface area contributed by atoms with Crippen LogP contribution in [0.3, 0.4) is 0 Å². The molecule has 0 aliphatic carbocycles. The van der Waals surface area contributed by atoms with Crippen LogP contribution in [0.2, 0.25) is 0 Å². The summed E-state index contributed by atoms with van der Waals surface area (Å²) in [6.07, 6.45) is 1.47. The summed E-state index contributed by atoms with van der Waals surface area (Å²) in [5, 5.41) is 9.99. The number of hydrogen-bond donors (Lipinski definition) is 1. The van der Waals surface area contributed by atoms with Crippen molar-refractivity contribution in [2.24, 2.45) is 0 Å². The molecule has 50 valence electrons. The quantitative estimate of drug-likeness (QED) is 0.607. The molecule has 0 bridgehead atoms. The van der Waals surface area contributed by atoms with Gasteiger partial charge in [0.1, 0.15) is 0 Å². The third-order valence-electron chi connectivity index (χ3n) is 0.615. The highest BCUT2D eigenvalue weighted by atomic mass is 32.1. The Kier molecular flexibility index (Phi) is 2.83. The average molecular weight is 147 g/mol. The van der Waals surface area contributed by atoms with Crippen LogP contribution >= 0.6 is 11.3 Å². The number of hydrogen-bond acceptors (Lipinski definition) is 3. The molecule has 0 unspecified atom stereocenters. The molecule has 1 aromatic heterocycles. The highest BCUT2D eigenvalue weighted by Crippen LogP contribution is 2.01. The lowest BCUT2D eigenvalue weighted by Crippen LogP contribution is -1.92. The van der Waals surface area contributed by atoms with Gasteiger partial charge in [0, 0.05) is 11.6 Å². The van der Waals surface area contributed by atoms with Gasteiger partial charge in [-0.15, -0.1) is 11.3 Å². The van der Waals surface area contributed by atoms with Crippen molar-refractivity contribution in [2.45, 2.75) is 0 Å². The number of carbonyl (C=O) groups is 1. The van der Waals surface area contributed by atoms with Crippen LogP contribution in [0.4, 0.5) is 0 Å². The number of aromatic carboxylic acids is 1. The fourth-order valence-electron chi connectivity index (χ4n) is 0.329. The van der Waals surface area contributed by atoms with Gasteiger partial charge in [-0.1, -0.05) is 0 Å². The Labute approximate surface area is 55.1 Å². The first-order valence-corrected chi connectivity index (χ1v) is 2.81. The standard InChI is InChI=1S/C4H3NO2S.H2O/c6-4(7)3-5-1-2-8-3;/h1-2H,(H,6,7);1H2. The molecule has 0 radical (unpaired) electrons. The van der Waals surface area contributed by atoms with Gasteiger partial charge in [0.25, 0.3) is 0 Å². The molecule has 0 saturated heterocycles. The van der Waals surface area contributed by atoms with Gasteiger partial charge in [-0.3, -0.25) is 0 Å². The number of thiazole rings is 1. The lowest BCUT2D eigenvalue weighted by molar-refractivity contribution is 0.0696. The summed E-state index contributed by atoms with van der Waals surface area (Å²) in [5.74, 6) is -0.958. The van der Waals surface area contributed by atoms with E-state index < -0.39 is 5.97 Å². The van der Waals surface area contributed by atoms with Crippen LogP contribution in [0.25, 0.3) is 0 Å². The molecule has 1 aromatic rings. The van der Waals surface area contributed by atoms with Crippen LogP contribution in [-0.2, 0) is 0 Å². The topological polar surface area (TPSA) is 81.7 Å². The van der Waals surface area contributed by atoms with Gasteiger partial charge in [-0.25, -0.2) is 9.78 Å². The Morgan fingerprint density at radius 3 is 2.67 bits per heavy atom. The molecule has 1 heterocycles. The van der Waals surface area contributed by atoms with Crippen LogP contribution in [0.5, 0.6) is 0 Å².